The summed E-state index contributed by atoms with van der Waals surface area (Å²) in [5.41, 5.74) is 7.60. The number of nitrogen functional groups attached to an aromatic ring is 1. The minimum atomic E-state index is 0. The largest absolute Gasteiger partial charge is 0.399 e. The lowest BCUT2D eigenvalue weighted by Gasteiger charge is -2.17. The minimum absolute atomic E-state index is 0. The maximum absolute atomic E-state index is 11.7. The first kappa shape index (κ1) is 24.6. The highest BCUT2D eigenvalue weighted by Crippen LogP contribution is 2.05. The predicted molar refractivity (Wildman–Crippen MR) is 107 cm³/mol. The van der Waals surface area contributed by atoms with Crippen LogP contribution in [0.2, 0.25) is 0 Å². The second-order valence-electron chi connectivity index (χ2n) is 4.92. The van der Waals surface area contributed by atoms with Crippen LogP contribution in [0.15, 0.2) is 24.3 Å². The van der Waals surface area contributed by atoms with Gasteiger partial charge in [-0.05, 0) is 37.2 Å². The fourth-order valence-electron chi connectivity index (χ4n) is 1.98. The maximum Gasteiger partial charge on any atom is 0.230 e. The molecule has 0 aromatic heterocycles. The average molecular weight is 382 g/mol. The van der Waals surface area contributed by atoms with Crippen molar-refractivity contribution in [2.45, 2.75) is 20.3 Å². The van der Waals surface area contributed by atoms with Crippen LogP contribution in [0.25, 0.3) is 0 Å². The molecule has 1 aromatic carbocycles. The first-order valence-corrected chi connectivity index (χ1v) is 8.72. The topological polar surface area (TPSA) is 58.4 Å². The minimum Gasteiger partial charge on any atom is -0.399 e. The standard InChI is InChI=1S/C16H27N3OS.2ClH/c1-3-19(4-2)11-12-21-13-16(20)18-10-9-14-5-7-15(17)8-6-14;;/h5-8H,3-4,9-13,17H2,1-2H3,(H,18,20);2*1H. The summed E-state index contributed by atoms with van der Waals surface area (Å²) in [4.78, 5) is 14.1. The van der Waals surface area contributed by atoms with E-state index in [2.05, 4.69) is 24.1 Å². The number of amides is 1. The number of hydrogen-bond donors (Lipinski definition) is 2. The van der Waals surface area contributed by atoms with Crippen molar-refractivity contribution in [2.24, 2.45) is 0 Å². The van der Waals surface area contributed by atoms with Crippen LogP contribution in [-0.4, -0.2) is 48.5 Å². The van der Waals surface area contributed by atoms with E-state index in [1.165, 1.54) is 5.56 Å². The van der Waals surface area contributed by atoms with Crippen molar-refractivity contribution in [2.75, 3.05) is 43.4 Å². The van der Waals surface area contributed by atoms with Gasteiger partial charge in [-0.3, -0.25) is 4.79 Å². The zero-order valence-electron chi connectivity index (χ0n) is 13.9. The number of nitrogens with two attached hydrogens (primary N) is 1. The van der Waals surface area contributed by atoms with Gasteiger partial charge in [0.05, 0.1) is 5.75 Å². The average Bonchev–Trinajstić information content (AvgIpc) is 2.49. The van der Waals surface area contributed by atoms with Gasteiger partial charge in [0.2, 0.25) is 5.91 Å². The molecule has 3 N–H and O–H groups in total. The second-order valence-corrected chi connectivity index (χ2v) is 6.03. The molecule has 1 amide bonds. The summed E-state index contributed by atoms with van der Waals surface area (Å²) in [7, 11) is 0. The molecular weight excluding hydrogens is 353 g/mol. The molecule has 0 bridgehead atoms. The summed E-state index contributed by atoms with van der Waals surface area (Å²) in [5, 5.41) is 2.96. The van der Waals surface area contributed by atoms with Gasteiger partial charge in [0.15, 0.2) is 0 Å². The Balaban J connectivity index is 0. The summed E-state index contributed by atoms with van der Waals surface area (Å²) in [6.45, 7) is 8.21. The number of carbonyl (C=O) groups is 1. The molecule has 4 nitrogen and oxygen atoms in total. The van der Waals surface area contributed by atoms with Crippen molar-refractivity contribution < 1.29 is 4.79 Å². The Kier molecular flexibility index (Phi) is 16.0. The first-order chi connectivity index (χ1) is 10.2. The third-order valence-electron chi connectivity index (χ3n) is 3.39. The van der Waals surface area contributed by atoms with Crippen molar-refractivity contribution in [3.63, 3.8) is 0 Å². The van der Waals surface area contributed by atoms with Crippen LogP contribution >= 0.6 is 36.6 Å². The highest BCUT2D eigenvalue weighted by Gasteiger charge is 2.03. The van der Waals surface area contributed by atoms with E-state index in [4.69, 9.17) is 5.73 Å². The number of anilines is 1. The lowest BCUT2D eigenvalue weighted by Crippen LogP contribution is -2.29. The molecule has 0 saturated carbocycles. The Morgan fingerprint density at radius 2 is 1.78 bits per heavy atom. The molecule has 0 saturated heterocycles. The van der Waals surface area contributed by atoms with Crippen LogP contribution in [0.4, 0.5) is 5.69 Å². The van der Waals surface area contributed by atoms with Crippen LogP contribution in [0.1, 0.15) is 19.4 Å². The third kappa shape index (κ3) is 11.5. The van der Waals surface area contributed by atoms with Gasteiger partial charge in [0.25, 0.3) is 0 Å². The summed E-state index contributed by atoms with van der Waals surface area (Å²) in [5.74, 6) is 1.67. The van der Waals surface area contributed by atoms with Gasteiger partial charge < -0.3 is 16.0 Å². The van der Waals surface area contributed by atoms with E-state index in [1.54, 1.807) is 11.8 Å². The number of nitrogens with zero attached hydrogens (tertiary/aromatic N) is 1. The Bertz CT molecular complexity index is 414. The fraction of sp³-hybridized carbons (Fsp3) is 0.562. The van der Waals surface area contributed by atoms with Gasteiger partial charge in [0.1, 0.15) is 0 Å². The number of carbonyl (C=O) groups excluding carboxylic acids is 1. The fourth-order valence-corrected chi connectivity index (χ4v) is 2.80. The molecule has 23 heavy (non-hydrogen) atoms. The zero-order chi connectivity index (χ0) is 15.5. The molecule has 1 rings (SSSR count). The number of nitrogens with one attached hydrogen (secondary N) is 1. The van der Waals surface area contributed by atoms with E-state index in [-0.39, 0.29) is 30.7 Å². The van der Waals surface area contributed by atoms with Gasteiger partial charge in [-0.1, -0.05) is 26.0 Å². The molecule has 0 heterocycles. The molecule has 0 aliphatic rings. The van der Waals surface area contributed by atoms with E-state index in [0.29, 0.717) is 12.3 Å². The predicted octanol–water partition coefficient (Wildman–Crippen LogP) is 2.85. The van der Waals surface area contributed by atoms with Crippen molar-refractivity contribution in [1.82, 2.24) is 10.2 Å². The molecule has 0 aliphatic carbocycles. The molecule has 0 atom stereocenters. The van der Waals surface area contributed by atoms with Crippen molar-refractivity contribution in [1.29, 1.82) is 0 Å². The zero-order valence-corrected chi connectivity index (χ0v) is 16.4. The monoisotopic (exact) mass is 381 g/mol. The lowest BCUT2D eigenvalue weighted by atomic mass is 10.1. The Morgan fingerprint density at radius 3 is 2.35 bits per heavy atom. The number of benzene rings is 1. The number of halogens is 2. The molecule has 0 aliphatic heterocycles. The Hall–Kier alpha value is -0.620. The molecule has 134 valence electrons. The SMILES string of the molecule is CCN(CC)CCSCC(=O)NCCc1ccc(N)cc1.Cl.Cl. The molecule has 0 fully saturated rings. The molecule has 1 aromatic rings. The van der Waals surface area contributed by atoms with Gasteiger partial charge in [-0.25, -0.2) is 0 Å². The number of thioether (sulfide) groups is 1. The molecular formula is C16H29Cl2N3OS. The quantitative estimate of drug-likeness (QED) is 0.483. The summed E-state index contributed by atoms with van der Waals surface area (Å²) >= 11 is 1.70. The molecule has 0 radical (unpaired) electrons. The van der Waals surface area contributed by atoms with Crippen LogP contribution < -0.4 is 11.1 Å². The molecule has 0 unspecified atom stereocenters. The smallest absolute Gasteiger partial charge is 0.230 e. The van der Waals surface area contributed by atoms with Gasteiger partial charge in [0, 0.05) is 24.5 Å². The van der Waals surface area contributed by atoms with Crippen molar-refractivity contribution in [3.05, 3.63) is 29.8 Å². The van der Waals surface area contributed by atoms with E-state index in [0.717, 1.165) is 37.5 Å². The second kappa shape index (κ2) is 14.9. The molecule has 7 heteroatoms. The number of hydrogen-bond acceptors (Lipinski definition) is 4. The van der Waals surface area contributed by atoms with Crippen LogP contribution in [0.3, 0.4) is 0 Å². The maximum atomic E-state index is 11.7. The van der Waals surface area contributed by atoms with Crippen LogP contribution in [-0.2, 0) is 11.2 Å². The first-order valence-electron chi connectivity index (χ1n) is 7.57. The van der Waals surface area contributed by atoms with Gasteiger partial charge in [-0.2, -0.15) is 11.8 Å². The van der Waals surface area contributed by atoms with Crippen molar-refractivity contribution >= 4 is 48.2 Å². The summed E-state index contributed by atoms with van der Waals surface area (Å²) < 4.78 is 0. The highest BCUT2D eigenvalue weighted by molar-refractivity contribution is 7.99. The van der Waals surface area contributed by atoms with Gasteiger partial charge >= 0.3 is 0 Å². The van der Waals surface area contributed by atoms with Crippen LogP contribution in [0.5, 0.6) is 0 Å². The highest BCUT2D eigenvalue weighted by atomic mass is 35.5. The van der Waals surface area contributed by atoms with E-state index in [9.17, 15) is 4.79 Å². The van der Waals surface area contributed by atoms with Gasteiger partial charge in [-0.15, -0.1) is 24.8 Å². The van der Waals surface area contributed by atoms with E-state index < -0.39 is 0 Å². The summed E-state index contributed by atoms with van der Waals surface area (Å²) in [6, 6.07) is 7.78. The third-order valence-corrected chi connectivity index (χ3v) is 4.33. The number of rotatable bonds is 10. The molecule has 0 spiro atoms. The summed E-state index contributed by atoms with van der Waals surface area (Å²) in [6.07, 6.45) is 0.843. The Labute approximate surface area is 156 Å². The van der Waals surface area contributed by atoms with Crippen molar-refractivity contribution in [3.8, 4) is 0 Å². The normalized spacial score (nSPS) is 9.87. The van der Waals surface area contributed by atoms with E-state index >= 15 is 0 Å². The van der Waals surface area contributed by atoms with Crippen LogP contribution in [0, 0.1) is 0 Å². The Morgan fingerprint density at radius 1 is 1.17 bits per heavy atom. The lowest BCUT2D eigenvalue weighted by molar-refractivity contribution is -0.118. The van der Waals surface area contributed by atoms with E-state index in [1.807, 2.05) is 24.3 Å².